The van der Waals surface area contributed by atoms with E-state index in [-0.39, 0.29) is 17.4 Å². The number of methoxy groups -OCH3 is 1. The van der Waals surface area contributed by atoms with E-state index >= 15 is 0 Å². The van der Waals surface area contributed by atoms with Crippen LogP contribution in [0.15, 0.2) is 17.0 Å². The van der Waals surface area contributed by atoms with Gasteiger partial charge in [0.2, 0.25) is 10.0 Å². The van der Waals surface area contributed by atoms with Gasteiger partial charge in [0, 0.05) is 6.54 Å². The van der Waals surface area contributed by atoms with Crippen LogP contribution in [-0.2, 0) is 10.0 Å². The van der Waals surface area contributed by atoms with Gasteiger partial charge in [-0.1, -0.05) is 19.3 Å². The van der Waals surface area contributed by atoms with Crippen LogP contribution in [-0.4, -0.2) is 33.3 Å². The van der Waals surface area contributed by atoms with Crippen molar-refractivity contribution in [3.63, 3.8) is 0 Å². The molecule has 1 unspecified atom stereocenters. The number of rotatable bonds is 6. The van der Waals surface area contributed by atoms with Gasteiger partial charge in [0.15, 0.2) is 0 Å². The maximum absolute atomic E-state index is 12.6. The number of sulfonamides is 1. The van der Waals surface area contributed by atoms with Gasteiger partial charge in [-0.2, -0.15) is 0 Å². The molecule has 0 aliphatic heterocycles. The summed E-state index contributed by atoms with van der Waals surface area (Å²) in [5.41, 5.74) is 1.86. The van der Waals surface area contributed by atoms with E-state index in [1.807, 2.05) is 13.8 Å². The minimum absolute atomic E-state index is 0.0447. The van der Waals surface area contributed by atoms with Crippen molar-refractivity contribution in [3.05, 3.63) is 23.3 Å². The van der Waals surface area contributed by atoms with Crippen molar-refractivity contribution < 1.29 is 18.3 Å². The normalized spacial score (nSPS) is 17.9. The Morgan fingerprint density at radius 2 is 1.83 bits per heavy atom. The average Bonchev–Trinajstić information content (AvgIpc) is 2.55. The Morgan fingerprint density at radius 1 is 1.22 bits per heavy atom. The topological polar surface area (TPSA) is 75.6 Å². The zero-order valence-electron chi connectivity index (χ0n) is 14.1. The smallest absolute Gasteiger partial charge is 0.244 e. The van der Waals surface area contributed by atoms with Crippen LogP contribution in [0.5, 0.6) is 5.75 Å². The van der Waals surface area contributed by atoms with E-state index in [1.165, 1.54) is 13.5 Å². The van der Waals surface area contributed by atoms with Crippen LogP contribution in [0, 0.1) is 19.8 Å². The third kappa shape index (κ3) is 4.46. The summed E-state index contributed by atoms with van der Waals surface area (Å²) >= 11 is 0. The van der Waals surface area contributed by atoms with Crippen molar-refractivity contribution in [1.82, 2.24) is 4.72 Å². The van der Waals surface area contributed by atoms with Gasteiger partial charge in [0.1, 0.15) is 10.6 Å². The monoisotopic (exact) mass is 341 g/mol. The van der Waals surface area contributed by atoms with Crippen molar-refractivity contribution in [3.8, 4) is 5.75 Å². The van der Waals surface area contributed by atoms with E-state index in [4.69, 9.17) is 4.74 Å². The summed E-state index contributed by atoms with van der Waals surface area (Å²) in [7, 11) is -2.25. The summed E-state index contributed by atoms with van der Waals surface area (Å²) in [5.74, 6) is 0.515. The minimum Gasteiger partial charge on any atom is -0.495 e. The third-order valence-corrected chi connectivity index (χ3v) is 6.19. The van der Waals surface area contributed by atoms with Crippen molar-refractivity contribution in [2.45, 2.75) is 57.0 Å². The van der Waals surface area contributed by atoms with E-state index in [9.17, 15) is 13.5 Å². The number of benzene rings is 1. The van der Waals surface area contributed by atoms with Crippen molar-refractivity contribution in [2.24, 2.45) is 5.92 Å². The summed E-state index contributed by atoms with van der Waals surface area (Å²) in [6.07, 6.45) is 4.72. The maximum Gasteiger partial charge on any atom is 0.244 e. The van der Waals surface area contributed by atoms with Gasteiger partial charge in [0.25, 0.3) is 0 Å². The molecule has 0 spiro atoms. The lowest BCUT2D eigenvalue weighted by molar-refractivity contribution is 0.0888. The molecule has 1 saturated carbocycles. The van der Waals surface area contributed by atoms with Crippen LogP contribution >= 0.6 is 0 Å². The molecular formula is C17H27NO4S. The largest absolute Gasteiger partial charge is 0.495 e. The number of hydrogen-bond donors (Lipinski definition) is 2. The fraction of sp³-hybridized carbons (Fsp3) is 0.647. The number of nitrogens with one attached hydrogen (secondary N) is 1. The van der Waals surface area contributed by atoms with Gasteiger partial charge < -0.3 is 9.84 Å². The van der Waals surface area contributed by atoms with Crippen molar-refractivity contribution in [1.29, 1.82) is 0 Å². The first kappa shape index (κ1) is 18.2. The van der Waals surface area contributed by atoms with E-state index in [2.05, 4.69) is 4.72 Å². The van der Waals surface area contributed by atoms with E-state index in [0.29, 0.717) is 5.75 Å². The molecule has 130 valence electrons. The molecule has 23 heavy (non-hydrogen) atoms. The van der Waals surface area contributed by atoms with Gasteiger partial charge in [0.05, 0.1) is 13.2 Å². The highest BCUT2D eigenvalue weighted by Crippen LogP contribution is 2.28. The van der Waals surface area contributed by atoms with Crippen molar-refractivity contribution in [2.75, 3.05) is 13.7 Å². The molecule has 1 aromatic rings. The molecule has 0 bridgehead atoms. The molecule has 0 heterocycles. The highest BCUT2D eigenvalue weighted by atomic mass is 32.2. The summed E-state index contributed by atoms with van der Waals surface area (Å²) < 4.78 is 32.9. The van der Waals surface area contributed by atoms with Crippen LogP contribution < -0.4 is 9.46 Å². The molecule has 6 heteroatoms. The maximum atomic E-state index is 12.6. The van der Waals surface area contributed by atoms with Crippen molar-refractivity contribution >= 4 is 10.0 Å². The van der Waals surface area contributed by atoms with Gasteiger partial charge in [-0.3, -0.25) is 0 Å². The minimum atomic E-state index is -3.71. The molecular weight excluding hydrogens is 314 g/mol. The quantitative estimate of drug-likeness (QED) is 0.834. The zero-order valence-corrected chi connectivity index (χ0v) is 14.9. The molecule has 5 nitrogen and oxygen atoms in total. The molecule has 2 rings (SSSR count). The highest BCUT2D eigenvalue weighted by Gasteiger charge is 2.25. The lowest BCUT2D eigenvalue weighted by Crippen LogP contribution is -2.37. The summed E-state index contributed by atoms with van der Waals surface area (Å²) in [5, 5.41) is 10.3. The number of aliphatic hydroxyl groups excluding tert-OH is 1. The van der Waals surface area contributed by atoms with Crippen LogP contribution in [0.4, 0.5) is 0 Å². The highest BCUT2D eigenvalue weighted by molar-refractivity contribution is 7.89. The Bertz CT molecular complexity index is 636. The zero-order chi connectivity index (χ0) is 17.0. The number of ether oxygens (including phenoxy) is 1. The van der Waals surface area contributed by atoms with Crippen LogP contribution in [0.2, 0.25) is 0 Å². The van der Waals surface area contributed by atoms with Gasteiger partial charge in [-0.25, -0.2) is 13.1 Å². The first-order chi connectivity index (χ1) is 10.8. The van der Waals surface area contributed by atoms with Crippen LogP contribution in [0.1, 0.15) is 43.2 Å². The second-order valence-corrected chi connectivity index (χ2v) is 8.14. The number of aryl methyl sites for hydroxylation is 2. The number of hydrogen-bond acceptors (Lipinski definition) is 4. The lowest BCUT2D eigenvalue weighted by Gasteiger charge is -2.26. The fourth-order valence-corrected chi connectivity index (χ4v) is 4.38. The fourth-order valence-electron chi connectivity index (χ4n) is 3.09. The van der Waals surface area contributed by atoms with Gasteiger partial charge in [-0.15, -0.1) is 0 Å². The molecule has 2 N–H and O–H groups in total. The summed E-state index contributed by atoms with van der Waals surface area (Å²) in [6.45, 7) is 3.82. The predicted molar refractivity (Wildman–Crippen MR) is 90.2 cm³/mol. The molecule has 1 atom stereocenters. The molecule has 1 fully saturated rings. The predicted octanol–water partition coefficient (Wildman–Crippen LogP) is 2.53. The van der Waals surface area contributed by atoms with Crippen LogP contribution in [0.25, 0.3) is 0 Å². The third-order valence-electron chi connectivity index (χ3n) is 4.75. The van der Waals surface area contributed by atoms with Gasteiger partial charge >= 0.3 is 0 Å². The summed E-state index contributed by atoms with van der Waals surface area (Å²) in [4.78, 5) is 0.124. The van der Waals surface area contributed by atoms with E-state index in [0.717, 1.165) is 36.8 Å². The Kier molecular flexibility index (Phi) is 6.06. The lowest BCUT2D eigenvalue weighted by atomic mass is 9.85. The summed E-state index contributed by atoms with van der Waals surface area (Å²) in [6, 6.07) is 3.34. The number of aliphatic hydroxyl groups is 1. The Balaban J connectivity index is 2.11. The second kappa shape index (κ2) is 7.64. The van der Waals surface area contributed by atoms with Gasteiger partial charge in [-0.05, 0) is 55.9 Å². The molecule has 1 aromatic carbocycles. The first-order valence-corrected chi connectivity index (χ1v) is 9.66. The van der Waals surface area contributed by atoms with E-state index < -0.39 is 16.1 Å². The van der Waals surface area contributed by atoms with Crippen LogP contribution in [0.3, 0.4) is 0 Å². The second-order valence-electron chi connectivity index (χ2n) is 6.40. The standard InChI is InChI=1S/C17H27NO4S/c1-12-9-16(22-3)17(10-13(12)2)23(20,21)18-11-15(19)14-7-5-4-6-8-14/h9-10,14-15,18-19H,4-8,11H2,1-3H3. The average molecular weight is 341 g/mol. The first-order valence-electron chi connectivity index (χ1n) is 8.18. The molecule has 1 aliphatic carbocycles. The molecule has 0 aromatic heterocycles. The van der Waals surface area contributed by atoms with E-state index in [1.54, 1.807) is 12.1 Å². The Labute approximate surface area is 139 Å². The Hall–Kier alpha value is -1.11. The molecule has 0 saturated heterocycles. The molecule has 1 aliphatic rings. The Morgan fingerprint density at radius 3 is 2.43 bits per heavy atom. The molecule has 0 amide bonds. The molecule has 0 radical (unpaired) electrons. The SMILES string of the molecule is COc1cc(C)c(C)cc1S(=O)(=O)NCC(O)C1CCCCC1.